The molecule has 1 saturated heterocycles. The zero-order valence-corrected chi connectivity index (χ0v) is 10.1. The molecule has 98 valence electrons. The van der Waals surface area contributed by atoms with Crippen LogP contribution in [0.5, 0.6) is 11.5 Å². The molecule has 19 heavy (non-hydrogen) atoms. The maximum absolute atomic E-state index is 12.8. The molecule has 1 atom stereocenters. The number of epoxide rings is 1. The fourth-order valence-corrected chi connectivity index (χ4v) is 1.87. The van der Waals surface area contributed by atoms with Crippen molar-refractivity contribution in [3.05, 3.63) is 59.9 Å². The van der Waals surface area contributed by atoms with Crippen LogP contribution in [0, 0.1) is 5.82 Å². The van der Waals surface area contributed by atoms with E-state index in [2.05, 4.69) is 0 Å². The summed E-state index contributed by atoms with van der Waals surface area (Å²) in [6, 6.07) is 12.8. The number of halogens is 2. The van der Waals surface area contributed by atoms with Gasteiger partial charge in [-0.25, -0.2) is 8.78 Å². The molecule has 2 aromatic rings. The van der Waals surface area contributed by atoms with Crippen molar-refractivity contribution in [3.8, 4) is 11.5 Å². The summed E-state index contributed by atoms with van der Waals surface area (Å²) in [7, 11) is 0. The van der Waals surface area contributed by atoms with E-state index in [9.17, 15) is 8.78 Å². The van der Waals surface area contributed by atoms with Gasteiger partial charge in [0.2, 0.25) is 0 Å². The summed E-state index contributed by atoms with van der Waals surface area (Å²) in [6.07, 6.45) is 0. The van der Waals surface area contributed by atoms with Crippen LogP contribution in [-0.2, 0) is 10.3 Å². The molecule has 0 amide bonds. The van der Waals surface area contributed by atoms with Crippen LogP contribution in [0.1, 0.15) is 5.56 Å². The Morgan fingerprint density at radius 2 is 1.53 bits per heavy atom. The summed E-state index contributed by atoms with van der Waals surface area (Å²) in [4.78, 5) is 0. The monoisotopic (exact) mass is 262 g/mol. The predicted octanol–water partition coefficient (Wildman–Crippen LogP) is 3.81. The maximum atomic E-state index is 12.8. The highest BCUT2D eigenvalue weighted by molar-refractivity contribution is 5.36. The van der Waals surface area contributed by atoms with E-state index in [0.29, 0.717) is 18.1 Å². The largest absolute Gasteiger partial charge is 0.457 e. The van der Waals surface area contributed by atoms with Crippen molar-refractivity contribution in [2.75, 3.05) is 13.3 Å². The second-order valence-corrected chi connectivity index (χ2v) is 4.50. The maximum Gasteiger partial charge on any atom is 0.145 e. The van der Waals surface area contributed by atoms with Gasteiger partial charge in [0.15, 0.2) is 0 Å². The molecule has 0 radical (unpaired) electrons. The molecule has 2 aromatic carbocycles. The van der Waals surface area contributed by atoms with Crippen molar-refractivity contribution in [2.24, 2.45) is 0 Å². The zero-order chi connectivity index (χ0) is 13.3. The minimum absolute atomic E-state index is 0.307. The summed E-state index contributed by atoms with van der Waals surface area (Å²) in [5, 5.41) is 0. The molecule has 1 heterocycles. The van der Waals surface area contributed by atoms with Crippen molar-refractivity contribution >= 4 is 0 Å². The van der Waals surface area contributed by atoms with Crippen LogP contribution in [0.15, 0.2) is 48.5 Å². The summed E-state index contributed by atoms with van der Waals surface area (Å²) in [5.41, 5.74) is 0.0652. The van der Waals surface area contributed by atoms with Gasteiger partial charge in [0.25, 0.3) is 0 Å². The topological polar surface area (TPSA) is 21.8 Å². The molecule has 1 fully saturated rings. The van der Waals surface area contributed by atoms with E-state index >= 15 is 0 Å². The van der Waals surface area contributed by atoms with Crippen molar-refractivity contribution in [2.45, 2.75) is 5.60 Å². The summed E-state index contributed by atoms with van der Waals surface area (Å²) >= 11 is 0. The first-order chi connectivity index (χ1) is 9.22. The van der Waals surface area contributed by atoms with Gasteiger partial charge in [-0.3, -0.25) is 0 Å². The number of alkyl halides is 1. The Labute approximate surface area is 109 Å². The third-order valence-corrected chi connectivity index (χ3v) is 3.14. The molecule has 0 aliphatic carbocycles. The molecule has 0 bridgehead atoms. The fraction of sp³-hybridized carbons (Fsp3) is 0.200. The van der Waals surface area contributed by atoms with Crippen LogP contribution in [0.4, 0.5) is 8.78 Å². The lowest BCUT2D eigenvalue weighted by Crippen LogP contribution is -2.10. The molecule has 0 N–H and O–H groups in total. The van der Waals surface area contributed by atoms with E-state index in [1.54, 1.807) is 36.4 Å². The van der Waals surface area contributed by atoms with Crippen molar-refractivity contribution in [1.82, 2.24) is 0 Å². The number of rotatable bonds is 4. The molecular weight excluding hydrogens is 250 g/mol. The highest BCUT2D eigenvalue weighted by Gasteiger charge is 2.46. The molecule has 1 aliphatic rings. The molecule has 2 nitrogen and oxygen atoms in total. The van der Waals surface area contributed by atoms with Crippen molar-refractivity contribution in [1.29, 1.82) is 0 Å². The second-order valence-electron chi connectivity index (χ2n) is 4.50. The van der Waals surface area contributed by atoms with Crippen molar-refractivity contribution < 1.29 is 18.3 Å². The number of hydrogen-bond acceptors (Lipinski definition) is 2. The van der Waals surface area contributed by atoms with Crippen LogP contribution in [0.25, 0.3) is 0 Å². The molecule has 0 saturated carbocycles. The van der Waals surface area contributed by atoms with Crippen LogP contribution in [-0.4, -0.2) is 13.3 Å². The summed E-state index contributed by atoms with van der Waals surface area (Å²) in [5.74, 6) is 0.862. The lowest BCUT2D eigenvalue weighted by Gasteiger charge is -2.09. The third-order valence-electron chi connectivity index (χ3n) is 3.14. The molecule has 3 rings (SSSR count). The molecule has 1 unspecified atom stereocenters. The Hall–Kier alpha value is -1.94. The van der Waals surface area contributed by atoms with E-state index < -0.39 is 12.3 Å². The van der Waals surface area contributed by atoms with E-state index in [1.807, 2.05) is 0 Å². The van der Waals surface area contributed by atoms with Gasteiger partial charge in [0.05, 0.1) is 6.61 Å². The minimum atomic E-state index is -0.742. The summed E-state index contributed by atoms with van der Waals surface area (Å²) < 4.78 is 36.3. The van der Waals surface area contributed by atoms with Gasteiger partial charge in [-0.15, -0.1) is 0 Å². The Morgan fingerprint density at radius 3 is 2.00 bits per heavy atom. The van der Waals surface area contributed by atoms with E-state index in [0.717, 1.165) is 5.56 Å². The van der Waals surface area contributed by atoms with E-state index in [1.165, 1.54) is 12.1 Å². The van der Waals surface area contributed by atoms with Crippen LogP contribution in [0.2, 0.25) is 0 Å². The predicted molar refractivity (Wildman–Crippen MR) is 66.5 cm³/mol. The van der Waals surface area contributed by atoms with Crippen LogP contribution >= 0.6 is 0 Å². The average Bonchev–Trinajstić information content (AvgIpc) is 3.23. The Kier molecular flexibility index (Phi) is 2.95. The molecule has 0 spiro atoms. The SMILES string of the molecule is FCC1(c2ccc(Oc3ccc(F)cc3)cc2)CO1. The Morgan fingerprint density at radius 1 is 1.00 bits per heavy atom. The van der Waals surface area contributed by atoms with Gasteiger partial charge in [-0.2, -0.15) is 0 Å². The highest BCUT2D eigenvalue weighted by atomic mass is 19.1. The smallest absolute Gasteiger partial charge is 0.145 e. The molecular formula is C15H12F2O2. The fourth-order valence-electron chi connectivity index (χ4n) is 1.87. The van der Waals surface area contributed by atoms with Crippen LogP contribution in [0.3, 0.4) is 0 Å². The van der Waals surface area contributed by atoms with Gasteiger partial charge < -0.3 is 9.47 Å². The third kappa shape index (κ3) is 2.44. The lowest BCUT2D eigenvalue weighted by atomic mass is 10.0. The highest BCUT2D eigenvalue weighted by Crippen LogP contribution is 2.39. The van der Waals surface area contributed by atoms with Crippen LogP contribution < -0.4 is 4.74 Å². The summed E-state index contributed by atoms with van der Waals surface area (Å²) in [6.45, 7) is -0.104. The number of benzene rings is 2. The Bertz CT molecular complexity index is 560. The standard InChI is InChI=1S/C15H12F2O2/c16-9-15(10-18-15)11-1-5-13(6-2-11)19-14-7-3-12(17)4-8-14/h1-8H,9-10H2. The molecule has 1 aliphatic heterocycles. The lowest BCUT2D eigenvalue weighted by molar-refractivity contribution is 0.249. The molecule has 4 heteroatoms. The van der Waals surface area contributed by atoms with Gasteiger partial charge in [0.1, 0.15) is 29.6 Å². The first-order valence-electron chi connectivity index (χ1n) is 5.96. The number of hydrogen-bond donors (Lipinski definition) is 0. The van der Waals surface area contributed by atoms with E-state index in [4.69, 9.17) is 9.47 Å². The second kappa shape index (κ2) is 4.63. The first-order valence-corrected chi connectivity index (χ1v) is 5.96. The number of ether oxygens (including phenoxy) is 2. The van der Waals surface area contributed by atoms with Gasteiger partial charge in [-0.1, -0.05) is 12.1 Å². The average molecular weight is 262 g/mol. The van der Waals surface area contributed by atoms with Gasteiger partial charge in [0, 0.05) is 0 Å². The first kappa shape index (κ1) is 12.1. The van der Waals surface area contributed by atoms with Gasteiger partial charge >= 0.3 is 0 Å². The zero-order valence-electron chi connectivity index (χ0n) is 10.1. The van der Waals surface area contributed by atoms with E-state index in [-0.39, 0.29) is 5.82 Å². The normalized spacial score (nSPS) is 21.2. The Balaban J connectivity index is 1.74. The molecule has 0 aromatic heterocycles. The van der Waals surface area contributed by atoms with Crippen molar-refractivity contribution in [3.63, 3.8) is 0 Å². The quantitative estimate of drug-likeness (QED) is 0.781. The minimum Gasteiger partial charge on any atom is -0.457 e. The van der Waals surface area contributed by atoms with Gasteiger partial charge in [-0.05, 0) is 42.0 Å².